The van der Waals surface area contributed by atoms with Crippen LogP contribution in [0.2, 0.25) is 5.02 Å². The number of piperazine rings is 1. The molecule has 2 aromatic carbocycles. The summed E-state index contributed by atoms with van der Waals surface area (Å²) in [5.74, 6) is 0.252. The van der Waals surface area contributed by atoms with Gasteiger partial charge in [-0.25, -0.2) is 4.79 Å². The second-order valence-electron chi connectivity index (χ2n) is 5.86. The van der Waals surface area contributed by atoms with E-state index in [1.54, 1.807) is 23.1 Å². The van der Waals surface area contributed by atoms with Crippen molar-refractivity contribution in [2.45, 2.75) is 6.92 Å². The van der Waals surface area contributed by atoms with Gasteiger partial charge in [0.15, 0.2) is 0 Å². The zero-order valence-corrected chi connectivity index (χ0v) is 14.3. The molecule has 2 amide bonds. The van der Waals surface area contributed by atoms with Crippen LogP contribution < -0.4 is 10.2 Å². The van der Waals surface area contributed by atoms with Crippen molar-refractivity contribution in [2.75, 3.05) is 36.4 Å². The van der Waals surface area contributed by atoms with Crippen LogP contribution in [-0.2, 0) is 0 Å². The van der Waals surface area contributed by atoms with E-state index in [0.717, 1.165) is 24.3 Å². The fourth-order valence-corrected chi connectivity index (χ4v) is 3.10. The molecule has 0 aromatic heterocycles. The first kappa shape index (κ1) is 16.5. The zero-order chi connectivity index (χ0) is 17.1. The maximum Gasteiger partial charge on any atom is 0.322 e. The molecule has 0 aliphatic carbocycles. The lowest BCUT2D eigenvalue weighted by Gasteiger charge is -2.36. The fraction of sp³-hybridized carbons (Fsp3) is 0.278. The molecule has 0 spiro atoms. The molecule has 5 nitrogen and oxygen atoms in total. The van der Waals surface area contributed by atoms with Crippen LogP contribution in [0.15, 0.2) is 42.5 Å². The number of nitrogens with zero attached hydrogens (tertiary/aromatic N) is 2. The highest BCUT2D eigenvalue weighted by atomic mass is 35.5. The van der Waals surface area contributed by atoms with Gasteiger partial charge in [-0.3, -0.25) is 0 Å². The average molecular weight is 346 g/mol. The summed E-state index contributed by atoms with van der Waals surface area (Å²) in [4.78, 5) is 16.4. The molecule has 24 heavy (non-hydrogen) atoms. The lowest BCUT2D eigenvalue weighted by molar-refractivity contribution is 0.208. The Hall–Kier alpha value is -2.40. The van der Waals surface area contributed by atoms with Crippen molar-refractivity contribution in [1.82, 2.24) is 4.90 Å². The summed E-state index contributed by atoms with van der Waals surface area (Å²) in [6, 6.07) is 12.6. The maximum absolute atomic E-state index is 12.5. The number of phenols is 1. The molecule has 0 radical (unpaired) electrons. The standard InChI is InChI=1S/C18H20ClN3O2/c1-13-4-2-7-16(19)17(13)20-18(24)22-10-8-21(9-11-22)14-5-3-6-15(23)12-14/h2-7,12,23H,8-11H2,1H3,(H,20,24). The Morgan fingerprint density at radius 3 is 2.50 bits per heavy atom. The Labute approximate surface area is 146 Å². The number of phenolic OH excluding ortho intramolecular Hbond substituents is 1. The summed E-state index contributed by atoms with van der Waals surface area (Å²) in [5, 5.41) is 13.0. The van der Waals surface area contributed by atoms with E-state index >= 15 is 0 Å². The SMILES string of the molecule is Cc1cccc(Cl)c1NC(=O)N1CCN(c2cccc(O)c2)CC1. The lowest BCUT2D eigenvalue weighted by Crippen LogP contribution is -2.50. The molecular formula is C18H20ClN3O2. The number of rotatable bonds is 2. The van der Waals surface area contributed by atoms with E-state index in [4.69, 9.17) is 11.6 Å². The van der Waals surface area contributed by atoms with Gasteiger partial charge in [-0.1, -0.05) is 29.8 Å². The summed E-state index contributed by atoms with van der Waals surface area (Å²) >= 11 is 6.17. The van der Waals surface area contributed by atoms with E-state index in [1.165, 1.54) is 0 Å². The molecule has 2 N–H and O–H groups in total. The minimum Gasteiger partial charge on any atom is -0.508 e. The van der Waals surface area contributed by atoms with Crippen LogP contribution in [0.1, 0.15) is 5.56 Å². The summed E-state index contributed by atoms with van der Waals surface area (Å²) < 4.78 is 0. The highest BCUT2D eigenvalue weighted by Crippen LogP contribution is 2.26. The van der Waals surface area contributed by atoms with Crippen molar-refractivity contribution in [3.05, 3.63) is 53.1 Å². The molecule has 0 bridgehead atoms. The normalized spacial score (nSPS) is 14.6. The van der Waals surface area contributed by atoms with Crippen molar-refractivity contribution in [1.29, 1.82) is 0 Å². The molecule has 6 heteroatoms. The number of aryl methyl sites for hydroxylation is 1. The Kier molecular flexibility index (Phi) is 4.81. The van der Waals surface area contributed by atoms with Crippen LogP contribution >= 0.6 is 11.6 Å². The van der Waals surface area contributed by atoms with Crippen LogP contribution in [0, 0.1) is 6.92 Å². The smallest absolute Gasteiger partial charge is 0.322 e. The average Bonchev–Trinajstić information content (AvgIpc) is 2.58. The van der Waals surface area contributed by atoms with Crippen LogP contribution in [0.5, 0.6) is 5.75 Å². The number of para-hydroxylation sites is 1. The minimum atomic E-state index is -0.137. The number of carbonyl (C=O) groups excluding carboxylic acids is 1. The monoisotopic (exact) mass is 345 g/mol. The van der Waals surface area contributed by atoms with Gasteiger partial charge in [-0.05, 0) is 30.7 Å². The first-order chi connectivity index (χ1) is 11.5. The number of nitrogens with one attached hydrogen (secondary N) is 1. The van der Waals surface area contributed by atoms with Gasteiger partial charge >= 0.3 is 6.03 Å². The molecule has 0 saturated carbocycles. The maximum atomic E-state index is 12.5. The van der Waals surface area contributed by atoms with Gasteiger partial charge in [-0.2, -0.15) is 0 Å². The van der Waals surface area contributed by atoms with E-state index in [0.29, 0.717) is 23.8 Å². The van der Waals surface area contributed by atoms with E-state index in [9.17, 15) is 9.90 Å². The number of urea groups is 1. The van der Waals surface area contributed by atoms with Gasteiger partial charge in [0.1, 0.15) is 5.75 Å². The third kappa shape index (κ3) is 3.57. The number of hydrogen-bond donors (Lipinski definition) is 2. The molecule has 1 aliphatic rings. The zero-order valence-electron chi connectivity index (χ0n) is 13.5. The predicted molar refractivity (Wildman–Crippen MR) is 97.1 cm³/mol. The van der Waals surface area contributed by atoms with E-state index in [1.807, 2.05) is 31.2 Å². The quantitative estimate of drug-likeness (QED) is 0.872. The van der Waals surface area contributed by atoms with Crippen molar-refractivity contribution < 1.29 is 9.90 Å². The minimum absolute atomic E-state index is 0.137. The third-order valence-electron chi connectivity index (χ3n) is 4.22. The molecule has 3 rings (SSSR count). The predicted octanol–water partition coefficient (Wildman–Crippen LogP) is 3.71. The molecule has 1 saturated heterocycles. The van der Waals surface area contributed by atoms with Crippen LogP contribution in [0.3, 0.4) is 0 Å². The van der Waals surface area contributed by atoms with Crippen molar-refractivity contribution in [3.8, 4) is 5.75 Å². The number of aromatic hydroxyl groups is 1. The van der Waals surface area contributed by atoms with Gasteiger partial charge in [0, 0.05) is 37.9 Å². The summed E-state index contributed by atoms with van der Waals surface area (Å²) in [5.41, 5.74) is 2.57. The second-order valence-corrected chi connectivity index (χ2v) is 6.26. The largest absolute Gasteiger partial charge is 0.508 e. The number of amides is 2. The molecule has 1 aliphatic heterocycles. The van der Waals surface area contributed by atoms with Gasteiger partial charge in [-0.15, -0.1) is 0 Å². The molecule has 126 valence electrons. The van der Waals surface area contributed by atoms with Gasteiger partial charge in [0.2, 0.25) is 0 Å². The summed E-state index contributed by atoms with van der Waals surface area (Å²) in [7, 11) is 0. The number of halogens is 1. The van der Waals surface area contributed by atoms with Crippen LogP contribution in [0.25, 0.3) is 0 Å². The van der Waals surface area contributed by atoms with Crippen molar-refractivity contribution in [2.24, 2.45) is 0 Å². The number of anilines is 2. The topological polar surface area (TPSA) is 55.8 Å². The van der Waals surface area contributed by atoms with Crippen LogP contribution in [-0.4, -0.2) is 42.2 Å². The molecule has 0 unspecified atom stereocenters. The lowest BCUT2D eigenvalue weighted by atomic mass is 10.2. The first-order valence-electron chi connectivity index (χ1n) is 7.89. The molecule has 2 aromatic rings. The Balaban J connectivity index is 1.61. The Morgan fingerprint density at radius 2 is 1.83 bits per heavy atom. The highest BCUT2D eigenvalue weighted by Gasteiger charge is 2.22. The highest BCUT2D eigenvalue weighted by molar-refractivity contribution is 6.33. The van der Waals surface area contributed by atoms with Crippen molar-refractivity contribution >= 4 is 29.0 Å². The third-order valence-corrected chi connectivity index (χ3v) is 4.53. The van der Waals surface area contributed by atoms with Crippen LogP contribution in [0.4, 0.5) is 16.2 Å². The number of carbonyl (C=O) groups is 1. The fourth-order valence-electron chi connectivity index (χ4n) is 2.83. The van der Waals surface area contributed by atoms with E-state index in [-0.39, 0.29) is 11.8 Å². The van der Waals surface area contributed by atoms with Gasteiger partial charge in [0.05, 0.1) is 10.7 Å². The Bertz CT molecular complexity index is 723. The number of hydrogen-bond acceptors (Lipinski definition) is 3. The molecular weight excluding hydrogens is 326 g/mol. The van der Waals surface area contributed by atoms with Gasteiger partial charge < -0.3 is 20.2 Å². The van der Waals surface area contributed by atoms with E-state index < -0.39 is 0 Å². The second kappa shape index (κ2) is 7.01. The van der Waals surface area contributed by atoms with E-state index in [2.05, 4.69) is 10.2 Å². The Morgan fingerprint density at radius 1 is 1.12 bits per heavy atom. The molecule has 1 heterocycles. The van der Waals surface area contributed by atoms with Crippen molar-refractivity contribution in [3.63, 3.8) is 0 Å². The first-order valence-corrected chi connectivity index (χ1v) is 8.27. The van der Waals surface area contributed by atoms with Gasteiger partial charge in [0.25, 0.3) is 0 Å². The molecule has 0 atom stereocenters. The summed E-state index contributed by atoms with van der Waals surface area (Å²) in [6.07, 6.45) is 0. The molecule has 1 fully saturated rings. The summed E-state index contributed by atoms with van der Waals surface area (Å²) in [6.45, 7) is 4.59. The number of benzene rings is 2.